The molecule has 0 aliphatic heterocycles. The van der Waals surface area contributed by atoms with Crippen LogP contribution in [0.5, 0.6) is 0 Å². The summed E-state index contributed by atoms with van der Waals surface area (Å²) < 4.78 is 1.57. The molecule has 94 valence electrons. The molecule has 2 rings (SSSR count). The number of nitro groups is 1. The molecule has 0 saturated heterocycles. The monoisotopic (exact) mass is 346 g/mol. The van der Waals surface area contributed by atoms with Gasteiger partial charge in [-0.15, -0.1) is 11.3 Å². The number of anilines is 1. The van der Waals surface area contributed by atoms with Gasteiger partial charge in [-0.25, -0.2) is 0 Å². The number of benzene rings is 1. The average Bonchev–Trinajstić information content (AvgIpc) is 2.67. The summed E-state index contributed by atoms with van der Waals surface area (Å²) >= 11 is 10.7. The van der Waals surface area contributed by atoms with Crippen molar-refractivity contribution < 1.29 is 4.92 Å². The van der Waals surface area contributed by atoms with Crippen molar-refractivity contribution >= 4 is 50.2 Å². The van der Waals surface area contributed by atoms with Crippen molar-refractivity contribution in [3.05, 3.63) is 54.1 Å². The third kappa shape index (κ3) is 3.22. The number of nitrogens with zero attached hydrogens (tertiary/aromatic N) is 1. The van der Waals surface area contributed by atoms with Gasteiger partial charge < -0.3 is 5.32 Å². The summed E-state index contributed by atoms with van der Waals surface area (Å²) in [5.41, 5.74) is 0.787. The van der Waals surface area contributed by atoms with Gasteiger partial charge in [-0.2, -0.15) is 0 Å². The van der Waals surface area contributed by atoms with E-state index in [0.29, 0.717) is 16.6 Å². The molecule has 1 heterocycles. The molecule has 0 unspecified atom stereocenters. The van der Waals surface area contributed by atoms with Crippen LogP contribution in [0.25, 0.3) is 0 Å². The molecular formula is C11H8BrClN2O2S. The van der Waals surface area contributed by atoms with Gasteiger partial charge in [0.25, 0.3) is 5.69 Å². The second kappa shape index (κ2) is 5.69. The molecule has 1 aromatic carbocycles. The van der Waals surface area contributed by atoms with Gasteiger partial charge in [0.05, 0.1) is 4.92 Å². The van der Waals surface area contributed by atoms with Gasteiger partial charge in [0.2, 0.25) is 0 Å². The predicted octanol–water partition coefficient (Wildman–Crippen LogP) is 4.68. The quantitative estimate of drug-likeness (QED) is 0.645. The molecule has 0 aliphatic rings. The fourth-order valence-corrected chi connectivity index (χ4v) is 3.13. The molecule has 0 saturated carbocycles. The van der Waals surface area contributed by atoms with E-state index >= 15 is 0 Å². The molecule has 0 amide bonds. The van der Waals surface area contributed by atoms with E-state index in [1.165, 1.54) is 23.5 Å². The number of nitrogens with one attached hydrogen (secondary N) is 1. The Kier molecular flexibility index (Phi) is 4.21. The van der Waals surface area contributed by atoms with Crippen molar-refractivity contribution in [3.8, 4) is 0 Å². The van der Waals surface area contributed by atoms with Crippen LogP contribution in [-0.2, 0) is 6.54 Å². The standard InChI is InChI=1S/C11H8BrClN2O2S/c12-10-5-9(18-11(10)13)6-14-7-2-1-3-8(4-7)15(16)17/h1-5,14H,6H2. The molecule has 0 spiro atoms. The Morgan fingerprint density at radius 2 is 2.22 bits per heavy atom. The molecule has 0 aliphatic carbocycles. The number of non-ortho nitro benzene ring substituents is 1. The third-order valence-electron chi connectivity index (χ3n) is 2.22. The summed E-state index contributed by atoms with van der Waals surface area (Å²) in [7, 11) is 0. The minimum absolute atomic E-state index is 0.0744. The van der Waals surface area contributed by atoms with Crippen molar-refractivity contribution in [1.82, 2.24) is 0 Å². The molecule has 1 aromatic heterocycles. The number of halogens is 2. The average molecular weight is 348 g/mol. The van der Waals surface area contributed by atoms with Crippen LogP contribution in [0.2, 0.25) is 4.34 Å². The van der Waals surface area contributed by atoms with E-state index in [1.807, 2.05) is 6.07 Å². The second-order valence-electron chi connectivity index (χ2n) is 3.50. The van der Waals surface area contributed by atoms with E-state index in [1.54, 1.807) is 12.1 Å². The zero-order valence-corrected chi connectivity index (χ0v) is 12.2. The predicted molar refractivity (Wildman–Crippen MR) is 77.5 cm³/mol. The maximum Gasteiger partial charge on any atom is 0.271 e. The van der Waals surface area contributed by atoms with Gasteiger partial charge in [-0.1, -0.05) is 17.7 Å². The largest absolute Gasteiger partial charge is 0.380 e. The fraction of sp³-hybridized carbons (Fsp3) is 0.0909. The number of thiophene rings is 1. The highest BCUT2D eigenvalue weighted by Crippen LogP contribution is 2.32. The molecule has 0 atom stereocenters. The first-order chi connectivity index (χ1) is 8.56. The molecule has 1 N–H and O–H groups in total. The lowest BCUT2D eigenvalue weighted by molar-refractivity contribution is -0.384. The number of rotatable bonds is 4. The van der Waals surface area contributed by atoms with Gasteiger partial charge >= 0.3 is 0 Å². The number of hydrogen-bond donors (Lipinski definition) is 1. The lowest BCUT2D eigenvalue weighted by Crippen LogP contribution is -1.98. The summed E-state index contributed by atoms with van der Waals surface area (Å²) in [6, 6.07) is 8.33. The molecule has 7 heteroatoms. The van der Waals surface area contributed by atoms with E-state index in [-0.39, 0.29) is 5.69 Å². The van der Waals surface area contributed by atoms with Crippen molar-refractivity contribution in [2.75, 3.05) is 5.32 Å². The van der Waals surface area contributed by atoms with Crippen LogP contribution >= 0.6 is 38.9 Å². The highest BCUT2D eigenvalue weighted by molar-refractivity contribution is 9.10. The first-order valence-corrected chi connectivity index (χ1v) is 6.97. The van der Waals surface area contributed by atoms with Gasteiger partial charge in [0.15, 0.2) is 0 Å². The zero-order chi connectivity index (χ0) is 13.1. The number of nitro benzene ring substituents is 1. The Morgan fingerprint density at radius 3 is 2.83 bits per heavy atom. The van der Waals surface area contributed by atoms with E-state index in [9.17, 15) is 10.1 Å². The highest BCUT2D eigenvalue weighted by Gasteiger charge is 2.07. The minimum Gasteiger partial charge on any atom is -0.380 e. The summed E-state index contributed by atoms with van der Waals surface area (Å²) in [4.78, 5) is 11.3. The summed E-state index contributed by atoms with van der Waals surface area (Å²) in [6.07, 6.45) is 0. The van der Waals surface area contributed by atoms with Crippen molar-refractivity contribution in [3.63, 3.8) is 0 Å². The van der Waals surface area contributed by atoms with Crippen LogP contribution in [0.1, 0.15) is 4.88 Å². The smallest absolute Gasteiger partial charge is 0.271 e. The first-order valence-electron chi connectivity index (χ1n) is 4.98. The van der Waals surface area contributed by atoms with Crippen LogP contribution in [0.15, 0.2) is 34.8 Å². The van der Waals surface area contributed by atoms with Gasteiger partial charge in [0, 0.05) is 33.7 Å². The summed E-state index contributed by atoms with van der Waals surface area (Å²) in [5, 5.41) is 13.8. The van der Waals surface area contributed by atoms with Crippen LogP contribution < -0.4 is 5.32 Å². The Labute approximate surface area is 121 Å². The van der Waals surface area contributed by atoms with Crippen LogP contribution in [0.3, 0.4) is 0 Å². The molecule has 2 aromatic rings. The van der Waals surface area contributed by atoms with Crippen LogP contribution in [0.4, 0.5) is 11.4 Å². The second-order valence-corrected chi connectivity index (χ2v) is 6.09. The Bertz CT molecular complexity index is 569. The zero-order valence-electron chi connectivity index (χ0n) is 9.02. The molecule has 18 heavy (non-hydrogen) atoms. The molecule has 4 nitrogen and oxygen atoms in total. The van der Waals surface area contributed by atoms with E-state index in [0.717, 1.165) is 9.35 Å². The summed E-state index contributed by atoms with van der Waals surface area (Å²) in [5.74, 6) is 0. The van der Waals surface area contributed by atoms with Gasteiger partial charge in [-0.3, -0.25) is 10.1 Å². The normalized spacial score (nSPS) is 10.3. The topological polar surface area (TPSA) is 55.2 Å². The van der Waals surface area contributed by atoms with E-state index in [2.05, 4.69) is 21.2 Å². The highest BCUT2D eigenvalue weighted by atomic mass is 79.9. The van der Waals surface area contributed by atoms with E-state index in [4.69, 9.17) is 11.6 Å². The third-order valence-corrected chi connectivity index (χ3v) is 4.69. The molecular weight excluding hydrogens is 340 g/mol. The molecule has 0 fully saturated rings. The van der Waals surface area contributed by atoms with Crippen LogP contribution in [-0.4, -0.2) is 4.92 Å². The Morgan fingerprint density at radius 1 is 1.44 bits per heavy atom. The molecule has 0 radical (unpaired) electrons. The van der Waals surface area contributed by atoms with Crippen molar-refractivity contribution in [2.45, 2.75) is 6.54 Å². The fourth-order valence-electron chi connectivity index (χ4n) is 1.40. The Hall–Kier alpha value is -1.11. The van der Waals surface area contributed by atoms with Crippen LogP contribution in [0, 0.1) is 10.1 Å². The number of hydrogen-bond acceptors (Lipinski definition) is 4. The van der Waals surface area contributed by atoms with E-state index < -0.39 is 4.92 Å². The van der Waals surface area contributed by atoms with Crippen molar-refractivity contribution in [1.29, 1.82) is 0 Å². The lowest BCUT2D eigenvalue weighted by atomic mass is 10.3. The Balaban J connectivity index is 2.06. The van der Waals surface area contributed by atoms with Gasteiger partial charge in [0.1, 0.15) is 4.34 Å². The first kappa shape index (κ1) is 13.3. The molecule has 0 bridgehead atoms. The minimum atomic E-state index is -0.413. The van der Waals surface area contributed by atoms with Gasteiger partial charge in [-0.05, 0) is 28.1 Å². The SMILES string of the molecule is O=[N+]([O-])c1cccc(NCc2cc(Br)c(Cl)s2)c1. The van der Waals surface area contributed by atoms with Crippen molar-refractivity contribution in [2.24, 2.45) is 0 Å². The lowest BCUT2D eigenvalue weighted by Gasteiger charge is -2.03. The summed E-state index contributed by atoms with van der Waals surface area (Å²) in [6.45, 7) is 0.581. The maximum atomic E-state index is 10.6. The maximum absolute atomic E-state index is 10.6.